The van der Waals surface area contributed by atoms with Crippen molar-refractivity contribution >= 4 is 23.2 Å². The van der Waals surface area contributed by atoms with Crippen molar-refractivity contribution in [1.29, 1.82) is 0 Å². The minimum Gasteiger partial charge on any atom is -0.321 e. The Morgan fingerprint density at radius 3 is 2.44 bits per heavy atom. The third kappa shape index (κ3) is 4.98. The fraction of sp³-hybridized carbons (Fsp3) is 0.160. The summed E-state index contributed by atoms with van der Waals surface area (Å²) in [5.41, 5.74) is 4.86. The number of pyridine rings is 1. The van der Waals surface area contributed by atoms with Gasteiger partial charge in [0.05, 0.1) is 24.5 Å². The normalized spacial score (nSPS) is 10.8. The lowest BCUT2D eigenvalue weighted by molar-refractivity contribution is 0.102. The predicted molar refractivity (Wildman–Crippen MR) is 126 cm³/mol. The monoisotopic (exact) mass is 446 g/mol. The summed E-state index contributed by atoms with van der Waals surface area (Å²) in [4.78, 5) is 25.0. The first-order valence-electron chi connectivity index (χ1n) is 10.2. The number of nitrogens with zero attached hydrogens (tertiary/aromatic N) is 3. The third-order valence-electron chi connectivity index (χ3n) is 5.19. The lowest BCUT2D eigenvalue weighted by Gasteiger charge is -2.11. The fourth-order valence-electron chi connectivity index (χ4n) is 3.51. The quantitative estimate of drug-likeness (QED) is 0.468. The Kier molecular flexibility index (Phi) is 6.23. The van der Waals surface area contributed by atoms with Gasteiger partial charge in [0, 0.05) is 28.5 Å². The first kappa shape index (κ1) is 21.6. The molecule has 4 aromatic rings. The zero-order valence-corrected chi connectivity index (χ0v) is 18.6. The Labute approximate surface area is 191 Å². The average Bonchev–Trinajstić information content (AvgIpc) is 3.09. The largest absolute Gasteiger partial charge is 0.321 e. The molecule has 1 amide bonds. The second kappa shape index (κ2) is 9.24. The molecule has 6 nitrogen and oxygen atoms in total. The highest BCUT2D eigenvalue weighted by atomic mass is 35.5. The molecule has 2 heterocycles. The van der Waals surface area contributed by atoms with Crippen LogP contribution in [0, 0.1) is 13.8 Å². The highest BCUT2D eigenvalue weighted by Gasteiger charge is 2.09. The number of aromatic nitrogens is 3. The molecule has 7 heteroatoms. The van der Waals surface area contributed by atoms with Gasteiger partial charge in [0.2, 0.25) is 0 Å². The van der Waals surface area contributed by atoms with E-state index < -0.39 is 0 Å². The van der Waals surface area contributed by atoms with Crippen molar-refractivity contribution in [1.82, 2.24) is 14.3 Å². The van der Waals surface area contributed by atoms with E-state index in [9.17, 15) is 9.59 Å². The number of halogens is 1. The maximum atomic E-state index is 12.7. The molecule has 0 aliphatic rings. The molecular weight excluding hydrogens is 424 g/mol. The van der Waals surface area contributed by atoms with Gasteiger partial charge in [-0.25, -0.2) is 0 Å². The molecule has 0 fully saturated rings. The van der Waals surface area contributed by atoms with Crippen LogP contribution in [0.4, 0.5) is 5.69 Å². The summed E-state index contributed by atoms with van der Waals surface area (Å²) >= 11 is 6.21. The number of carbonyl (C=O) groups is 1. The van der Waals surface area contributed by atoms with Crippen LogP contribution in [0.15, 0.2) is 77.7 Å². The molecular formula is C25H23ClN4O2. The number of aryl methyl sites for hydroxylation is 2. The third-order valence-corrected chi connectivity index (χ3v) is 5.56. The predicted octanol–water partition coefficient (Wildman–Crippen LogP) is 4.66. The molecule has 32 heavy (non-hydrogen) atoms. The van der Waals surface area contributed by atoms with Crippen LogP contribution in [-0.2, 0) is 13.1 Å². The van der Waals surface area contributed by atoms with Gasteiger partial charge >= 0.3 is 0 Å². The number of anilines is 1. The number of nitrogens with one attached hydrogen (secondary N) is 1. The number of hydrogen-bond donors (Lipinski definition) is 1. The number of amides is 1. The molecule has 0 radical (unpaired) electrons. The fourth-order valence-corrected chi connectivity index (χ4v) is 3.71. The van der Waals surface area contributed by atoms with E-state index in [1.165, 1.54) is 10.6 Å². The topological polar surface area (TPSA) is 68.9 Å². The van der Waals surface area contributed by atoms with E-state index in [-0.39, 0.29) is 11.5 Å². The molecule has 0 bridgehead atoms. The Morgan fingerprint density at radius 1 is 1.00 bits per heavy atom. The number of carbonyl (C=O) groups excluding carboxylic acids is 1. The summed E-state index contributed by atoms with van der Waals surface area (Å²) in [5.74, 6) is -0.245. The summed E-state index contributed by atoms with van der Waals surface area (Å²) in [6.45, 7) is 4.96. The molecule has 0 atom stereocenters. The maximum absolute atomic E-state index is 12.7. The van der Waals surface area contributed by atoms with Crippen LogP contribution in [0.25, 0.3) is 0 Å². The van der Waals surface area contributed by atoms with E-state index >= 15 is 0 Å². The molecule has 2 aromatic carbocycles. The van der Waals surface area contributed by atoms with E-state index in [0.29, 0.717) is 29.4 Å². The first-order chi connectivity index (χ1) is 15.4. The number of benzene rings is 2. The molecule has 0 aliphatic carbocycles. The standard InChI is InChI=1S/C25H23ClN4O2/c1-17-13-18(2)30(28-17)14-19-7-9-20(10-8-19)25(32)27-22-11-12-24(31)29(16-22)15-21-5-3-4-6-23(21)26/h3-13,16H,14-15H2,1-2H3,(H,27,32). The first-order valence-corrected chi connectivity index (χ1v) is 10.6. The average molecular weight is 447 g/mol. The molecule has 162 valence electrons. The molecule has 0 unspecified atom stereocenters. The highest BCUT2D eigenvalue weighted by molar-refractivity contribution is 6.31. The Hall–Kier alpha value is -3.64. The minimum atomic E-state index is -0.245. The molecule has 1 N–H and O–H groups in total. The van der Waals surface area contributed by atoms with Crippen molar-refractivity contribution in [2.75, 3.05) is 5.32 Å². The summed E-state index contributed by atoms with van der Waals surface area (Å²) in [6.07, 6.45) is 1.63. The summed E-state index contributed by atoms with van der Waals surface area (Å²) < 4.78 is 3.46. The summed E-state index contributed by atoms with van der Waals surface area (Å²) in [7, 11) is 0. The van der Waals surface area contributed by atoms with Gasteiger partial charge in [-0.05, 0) is 55.3 Å². The van der Waals surface area contributed by atoms with Crippen LogP contribution in [0.3, 0.4) is 0 Å². The van der Waals surface area contributed by atoms with Gasteiger partial charge in [0.1, 0.15) is 0 Å². The molecule has 0 spiro atoms. The van der Waals surface area contributed by atoms with Gasteiger partial charge in [0.25, 0.3) is 11.5 Å². The molecule has 0 saturated carbocycles. The zero-order valence-electron chi connectivity index (χ0n) is 17.9. The Bertz CT molecular complexity index is 1320. The van der Waals surface area contributed by atoms with Crippen LogP contribution < -0.4 is 10.9 Å². The van der Waals surface area contributed by atoms with Crippen molar-refractivity contribution in [3.8, 4) is 0 Å². The minimum absolute atomic E-state index is 0.170. The summed E-state index contributed by atoms with van der Waals surface area (Å²) in [6, 6.07) is 19.8. The SMILES string of the molecule is Cc1cc(C)n(Cc2ccc(C(=O)Nc3ccc(=O)n(Cc4ccccc4Cl)c3)cc2)n1. The second-order valence-electron chi connectivity index (χ2n) is 7.71. The second-order valence-corrected chi connectivity index (χ2v) is 8.12. The number of rotatable bonds is 6. The zero-order chi connectivity index (χ0) is 22.7. The van der Waals surface area contributed by atoms with Crippen molar-refractivity contribution in [3.63, 3.8) is 0 Å². The van der Waals surface area contributed by atoms with Gasteiger partial charge in [-0.15, -0.1) is 0 Å². The van der Waals surface area contributed by atoms with E-state index in [4.69, 9.17) is 11.6 Å². The van der Waals surface area contributed by atoms with Crippen molar-refractivity contribution in [3.05, 3.63) is 116 Å². The van der Waals surface area contributed by atoms with Crippen molar-refractivity contribution < 1.29 is 4.79 Å². The molecule has 2 aromatic heterocycles. The lowest BCUT2D eigenvalue weighted by atomic mass is 10.1. The van der Waals surface area contributed by atoms with Crippen LogP contribution in [-0.4, -0.2) is 20.3 Å². The molecule has 0 saturated heterocycles. The number of hydrogen-bond acceptors (Lipinski definition) is 3. The van der Waals surface area contributed by atoms with E-state index in [0.717, 1.165) is 22.5 Å². The van der Waals surface area contributed by atoms with Crippen LogP contribution in [0.2, 0.25) is 5.02 Å². The smallest absolute Gasteiger partial charge is 0.255 e. The molecule has 4 rings (SSSR count). The highest BCUT2D eigenvalue weighted by Crippen LogP contribution is 2.17. The van der Waals surface area contributed by atoms with E-state index in [1.54, 1.807) is 30.5 Å². The van der Waals surface area contributed by atoms with Crippen molar-refractivity contribution in [2.45, 2.75) is 26.9 Å². The van der Waals surface area contributed by atoms with Crippen LogP contribution in [0.1, 0.15) is 32.9 Å². The lowest BCUT2D eigenvalue weighted by Crippen LogP contribution is -2.21. The van der Waals surface area contributed by atoms with E-state index in [2.05, 4.69) is 10.4 Å². The van der Waals surface area contributed by atoms with Crippen molar-refractivity contribution in [2.24, 2.45) is 0 Å². The van der Waals surface area contributed by atoms with Crippen LogP contribution >= 0.6 is 11.6 Å². The van der Waals surface area contributed by atoms with E-state index in [1.807, 2.05) is 54.9 Å². The van der Waals surface area contributed by atoms with Gasteiger partial charge < -0.3 is 9.88 Å². The van der Waals surface area contributed by atoms with Crippen LogP contribution in [0.5, 0.6) is 0 Å². The Balaban J connectivity index is 1.46. The summed E-state index contributed by atoms with van der Waals surface area (Å²) in [5, 5.41) is 7.92. The molecule has 0 aliphatic heterocycles. The van der Waals surface area contributed by atoms with Gasteiger partial charge in [0.15, 0.2) is 0 Å². The van der Waals surface area contributed by atoms with Gasteiger partial charge in [-0.2, -0.15) is 5.10 Å². The maximum Gasteiger partial charge on any atom is 0.255 e. The van der Waals surface area contributed by atoms with Gasteiger partial charge in [-0.1, -0.05) is 41.9 Å². The Morgan fingerprint density at radius 2 is 1.75 bits per heavy atom. The van der Waals surface area contributed by atoms with Gasteiger partial charge in [-0.3, -0.25) is 14.3 Å².